The first kappa shape index (κ1) is 14.3. The van der Waals surface area contributed by atoms with E-state index in [-0.39, 0.29) is 17.3 Å². The summed E-state index contributed by atoms with van der Waals surface area (Å²) in [5.74, 6) is -0.378. The van der Waals surface area contributed by atoms with E-state index in [9.17, 15) is 14.9 Å². The summed E-state index contributed by atoms with van der Waals surface area (Å²) in [7, 11) is 0. The van der Waals surface area contributed by atoms with Crippen LogP contribution < -0.4 is 5.32 Å². The van der Waals surface area contributed by atoms with Gasteiger partial charge in [0.2, 0.25) is 5.91 Å². The summed E-state index contributed by atoms with van der Waals surface area (Å²) in [4.78, 5) is 21.4. The average molecular weight is 284 g/mol. The second-order valence-electron chi connectivity index (χ2n) is 4.18. The van der Waals surface area contributed by atoms with Crippen molar-refractivity contribution >= 4 is 28.7 Å². The molecule has 21 heavy (non-hydrogen) atoms. The number of azo groups is 1. The number of nitro groups is 1. The molecule has 0 aliphatic rings. The third-order valence-corrected chi connectivity index (χ3v) is 2.53. The van der Waals surface area contributed by atoms with Crippen LogP contribution in [0.2, 0.25) is 0 Å². The number of hydrogen-bond acceptors (Lipinski definition) is 5. The van der Waals surface area contributed by atoms with Gasteiger partial charge in [0.15, 0.2) is 0 Å². The van der Waals surface area contributed by atoms with Gasteiger partial charge >= 0.3 is 0 Å². The molecule has 0 saturated heterocycles. The molecule has 0 unspecified atom stereocenters. The van der Waals surface area contributed by atoms with Crippen LogP contribution in [0.15, 0.2) is 58.8 Å². The molecule has 0 spiro atoms. The Kier molecular flexibility index (Phi) is 4.35. The molecule has 2 aromatic carbocycles. The summed E-state index contributed by atoms with van der Waals surface area (Å²) in [5, 5.41) is 21.3. The standard InChI is InChI=1S/C14H12N4O3/c1-10(19)15-13-8-7-12(9-14(13)18(20)21)17-16-11-5-3-2-4-6-11/h2-9H,1H3,(H,15,19). The maximum absolute atomic E-state index is 11.0. The van der Waals surface area contributed by atoms with E-state index in [0.29, 0.717) is 11.4 Å². The molecule has 0 aliphatic heterocycles. The second-order valence-corrected chi connectivity index (χ2v) is 4.18. The molecule has 0 heterocycles. The van der Waals surface area contributed by atoms with Crippen molar-refractivity contribution in [2.24, 2.45) is 10.2 Å². The molecule has 7 heteroatoms. The van der Waals surface area contributed by atoms with Gasteiger partial charge in [-0.25, -0.2) is 0 Å². The SMILES string of the molecule is CC(=O)Nc1ccc(N=Nc2ccccc2)cc1[N+](=O)[O-]. The molecule has 0 aliphatic carbocycles. The number of rotatable bonds is 4. The summed E-state index contributed by atoms with van der Waals surface area (Å²) < 4.78 is 0. The van der Waals surface area contributed by atoms with Crippen molar-refractivity contribution in [3.63, 3.8) is 0 Å². The number of nitro benzene ring substituents is 1. The highest BCUT2D eigenvalue weighted by Crippen LogP contribution is 2.30. The van der Waals surface area contributed by atoms with Crippen molar-refractivity contribution in [3.05, 3.63) is 58.6 Å². The molecule has 0 saturated carbocycles. The minimum Gasteiger partial charge on any atom is -0.321 e. The minimum atomic E-state index is -0.577. The monoisotopic (exact) mass is 284 g/mol. The van der Waals surface area contributed by atoms with Gasteiger partial charge in [0.1, 0.15) is 5.69 Å². The molecule has 1 N–H and O–H groups in total. The van der Waals surface area contributed by atoms with Crippen LogP contribution in [-0.2, 0) is 4.79 Å². The van der Waals surface area contributed by atoms with Gasteiger partial charge in [-0.1, -0.05) is 18.2 Å². The van der Waals surface area contributed by atoms with Crippen LogP contribution in [0.3, 0.4) is 0 Å². The molecule has 1 amide bonds. The number of nitrogens with zero attached hydrogens (tertiary/aromatic N) is 3. The lowest BCUT2D eigenvalue weighted by atomic mass is 10.2. The van der Waals surface area contributed by atoms with Crippen molar-refractivity contribution in [1.82, 2.24) is 0 Å². The Labute approximate surface area is 120 Å². The third kappa shape index (κ3) is 3.93. The number of nitrogens with one attached hydrogen (secondary N) is 1. The summed E-state index contributed by atoms with van der Waals surface area (Å²) in [6, 6.07) is 13.3. The smallest absolute Gasteiger partial charge is 0.294 e. The van der Waals surface area contributed by atoms with Gasteiger partial charge in [0, 0.05) is 13.0 Å². The van der Waals surface area contributed by atoms with Crippen molar-refractivity contribution in [3.8, 4) is 0 Å². The lowest BCUT2D eigenvalue weighted by molar-refractivity contribution is -0.383. The van der Waals surface area contributed by atoms with E-state index >= 15 is 0 Å². The van der Waals surface area contributed by atoms with Gasteiger partial charge in [0.05, 0.1) is 16.3 Å². The highest BCUT2D eigenvalue weighted by atomic mass is 16.6. The van der Waals surface area contributed by atoms with Crippen LogP contribution in [0, 0.1) is 10.1 Å². The molecule has 0 aromatic heterocycles. The topological polar surface area (TPSA) is 97.0 Å². The predicted octanol–water partition coefficient (Wildman–Crippen LogP) is 3.97. The quantitative estimate of drug-likeness (QED) is 0.522. The van der Waals surface area contributed by atoms with Crippen molar-refractivity contribution < 1.29 is 9.72 Å². The fraction of sp³-hybridized carbons (Fsp3) is 0.0714. The Hall–Kier alpha value is -3.09. The second kappa shape index (κ2) is 6.38. The fourth-order valence-electron chi connectivity index (χ4n) is 1.64. The third-order valence-electron chi connectivity index (χ3n) is 2.53. The normalized spacial score (nSPS) is 10.5. The van der Waals surface area contributed by atoms with Crippen LogP contribution in [0.1, 0.15) is 6.92 Å². The highest BCUT2D eigenvalue weighted by molar-refractivity contribution is 5.91. The molecule has 2 rings (SSSR count). The molecule has 0 fully saturated rings. The van der Waals surface area contributed by atoms with E-state index in [1.165, 1.54) is 19.1 Å². The minimum absolute atomic E-state index is 0.131. The number of carbonyl (C=O) groups excluding carboxylic acids is 1. The first-order valence-corrected chi connectivity index (χ1v) is 6.09. The Morgan fingerprint density at radius 1 is 1.10 bits per heavy atom. The van der Waals surface area contributed by atoms with Crippen molar-refractivity contribution in [2.75, 3.05) is 5.32 Å². The van der Waals surface area contributed by atoms with Crippen LogP contribution in [0.4, 0.5) is 22.7 Å². The first-order valence-electron chi connectivity index (χ1n) is 6.09. The van der Waals surface area contributed by atoms with Crippen LogP contribution >= 0.6 is 0 Å². The molecular formula is C14H12N4O3. The molecule has 0 radical (unpaired) electrons. The molecule has 0 bridgehead atoms. The Morgan fingerprint density at radius 3 is 2.38 bits per heavy atom. The predicted molar refractivity (Wildman–Crippen MR) is 78.0 cm³/mol. The zero-order valence-corrected chi connectivity index (χ0v) is 11.2. The van der Waals surface area contributed by atoms with Gasteiger partial charge in [-0.05, 0) is 24.3 Å². The van der Waals surface area contributed by atoms with E-state index in [4.69, 9.17) is 0 Å². The molecule has 106 valence electrons. The number of anilines is 1. The fourth-order valence-corrected chi connectivity index (χ4v) is 1.64. The van der Waals surface area contributed by atoms with Crippen molar-refractivity contribution in [1.29, 1.82) is 0 Å². The summed E-state index contributed by atoms with van der Waals surface area (Å²) in [6.45, 7) is 1.28. The Morgan fingerprint density at radius 2 is 1.76 bits per heavy atom. The van der Waals surface area contributed by atoms with Crippen LogP contribution in [0.5, 0.6) is 0 Å². The molecule has 7 nitrogen and oxygen atoms in total. The maximum Gasteiger partial charge on any atom is 0.294 e. The first-order chi connectivity index (χ1) is 10.1. The van der Waals surface area contributed by atoms with Gasteiger partial charge in [-0.2, -0.15) is 10.2 Å². The van der Waals surface area contributed by atoms with Crippen LogP contribution in [-0.4, -0.2) is 10.8 Å². The van der Waals surface area contributed by atoms with Crippen LogP contribution in [0.25, 0.3) is 0 Å². The van der Waals surface area contributed by atoms with Gasteiger partial charge in [0.25, 0.3) is 5.69 Å². The Balaban J connectivity index is 2.30. The molecule has 0 atom stereocenters. The number of amides is 1. The largest absolute Gasteiger partial charge is 0.321 e. The summed E-state index contributed by atoms with van der Waals surface area (Å²) >= 11 is 0. The van der Waals surface area contributed by atoms with Gasteiger partial charge < -0.3 is 5.32 Å². The number of carbonyl (C=O) groups is 1. The van der Waals surface area contributed by atoms with E-state index in [0.717, 1.165) is 0 Å². The summed E-state index contributed by atoms with van der Waals surface area (Å²) in [6.07, 6.45) is 0. The van der Waals surface area contributed by atoms with Gasteiger partial charge in [-0.15, -0.1) is 0 Å². The highest BCUT2D eigenvalue weighted by Gasteiger charge is 2.15. The number of benzene rings is 2. The summed E-state index contributed by atoms with van der Waals surface area (Å²) in [5.41, 5.74) is 0.881. The Bertz CT molecular complexity index is 699. The van der Waals surface area contributed by atoms with Crippen molar-refractivity contribution in [2.45, 2.75) is 6.92 Å². The zero-order chi connectivity index (χ0) is 15.2. The molecule has 2 aromatic rings. The zero-order valence-electron chi connectivity index (χ0n) is 11.2. The molecular weight excluding hydrogens is 272 g/mol. The van der Waals surface area contributed by atoms with E-state index in [2.05, 4.69) is 15.5 Å². The van der Waals surface area contributed by atoms with E-state index in [1.807, 2.05) is 18.2 Å². The lowest BCUT2D eigenvalue weighted by Crippen LogP contribution is -2.07. The van der Waals surface area contributed by atoms with Gasteiger partial charge in [-0.3, -0.25) is 14.9 Å². The maximum atomic E-state index is 11.0. The number of hydrogen-bond donors (Lipinski definition) is 1. The van der Waals surface area contributed by atoms with E-state index in [1.54, 1.807) is 18.2 Å². The lowest BCUT2D eigenvalue weighted by Gasteiger charge is -2.03. The van der Waals surface area contributed by atoms with E-state index < -0.39 is 4.92 Å². The average Bonchev–Trinajstić information content (AvgIpc) is 2.46.